The van der Waals surface area contributed by atoms with Gasteiger partial charge in [0.15, 0.2) is 0 Å². The highest BCUT2D eigenvalue weighted by Crippen LogP contribution is 2.26. The summed E-state index contributed by atoms with van der Waals surface area (Å²) in [6.07, 6.45) is 1.39. The molecule has 0 aliphatic heterocycles. The summed E-state index contributed by atoms with van der Waals surface area (Å²) < 4.78 is 0. The summed E-state index contributed by atoms with van der Waals surface area (Å²) in [6.45, 7) is 11.5. The Hall–Kier alpha value is -2.29. The van der Waals surface area contributed by atoms with Crippen molar-refractivity contribution in [2.75, 3.05) is 18.9 Å². The van der Waals surface area contributed by atoms with E-state index in [2.05, 4.69) is 81.5 Å². The second kappa shape index (κ2) is 9.07. The van der Waals surface area contributed by atoms with Gasteiger partial charge in [0.05, 0.1) is 6.04 Å². The lowest BCUT2D eigenvalue weighted by Crippen LogP contribution is -2.34. The van der Waals surface area contributed by atoms with Crippen molar-refractivity contribution in [1.82, 2.24) is 4.90 Å². The molecule has 1 unspecified atom stereocenters. The third kappa shape index (κ3) is 5.59. The van der Waals surface area contributed by atoms with E-state index in [-0.39, 0.29) is 17.4 Å². The molecule has 0 aromatic heterocycles. The van der Waals surface area contributed by atoms with Crippen molar-refractivity contribution in [1.29, 1.82) is 0 Å². The SMILES string of the molecule is CCC(=O)N(CCc1ccc(NC)cc1)C(C)c1ccc(C(C)(C)C)cc1. The molecule has 0 spiro atoms. The summed E-state index contributed by atoms with van der Waals surface area (Å²) in [4.78, 5) is 14.6. The average molecular weight is 367 g/mol. The monoisotopic (exact) mass is 366 g/mol. The number of amides is 1. The fourth-order valence-electron chi connectivity index (χ4n) is 3.27. The lowest BCUT2D eigenvalue weighted by molar-refractivity contribution is -0.133. The van der Waals surface area contributed by atoms with E-state index >= 15 is 0 Å². The summed E-state index contributed by atoms with van der Waals surface area (Å²) in [7, 11) is 1.92. The molecule has 0 radical (unpaired) electrons. The molecular formula is C24H34N2O. The Morgan fingerprint density at radius 2 is 1.63 bits per heavy atom. The van der Waals surface area contributed by atoms with Gasteiger partial charge < -0.3 is 10.2 Å². The first-order chi connectivity index (χ1) is 12.8. The topological polar surface area (TPSA) is 32.3 Å². The average Bonchev–Trinajstić information content (AvgIpc) is 2.67. The molecule has 0 aliphatic rings. The van der Waals surface area contributed by atoms with E-state index in [1.165, 1.54) is 16.7 Å². The van der Waals surface area contributed by atoms with Gasteiger partial charge in [-0.15, -0.1) is 0 Å². The Balaban J connectivity index is 2.13. The van der Waals surface area contributed by atoms with Crippen molar-refractivity contribution in [3.8, 4) is 0 Å². The van der Waals surface area contributed by atoms with Gasteiger partial charge >= 0.3 is 0 Å². The maximum atomic E-state index is 12.6. The van der Waals surface area contributed by atoms with Crippen LogP contribution < -0.4 is 5.32 Å². The van der Waals surface area contributed by atoms with Gasteiger partial charge in [0.25, 0.3) is 0 Å². The molecule has 0 heterocycles. The second-order valence-electron chi connectivity index (χ2n) is 8.19. The minimum Gasteiger partial charge on any atom is -0.388 e. The first-order valence-electron chi connectivity index (χ1n) is 9.93. The van der Waals surface area contributed by atoms with Gasteiger partial charge in [0.2, 0.25) is 5.91 Å². The van der Waals surface area contributed by atoms with Crippen LogP contribution in [-0.2, 0) is 16.6 Å². The van der Waals surface area contributed by atoms with E-state index in [9.17, 15) is 4.79 Å². The summed E-state index contributed by atoms with van der Waals surface area (Å²) in [5.41, 5.74) is 5.00. The van der Waals surface area contributed by atoms with Crippen molar-refractivity contribution in [2.45, 2.75) is 58.9 Å². The molecule has 0 saturated carbocycles. The molecule has 1 atom stereocenters. The highest BCUT2D eigenvalue weighted by atomic mass is 16.2. The third-order valence-corrected chi connectivity index (χ3v) is 5.23. The number of carbonyl (C=O) groups is 1. The van der Waals surface area contributed by atoms with Crippen LogP contribution in [0.1, 0.15) is 63.8 Å². The molecule has 3 heteroatoms. The number of carbonyl (C=O) groups excluding carboxylic acids is 1. The summed E-state index contributed by atoms with van der Waals surface area (Å²) in [5, 5.41) is 3.14. The molecule has 1 N–H and O–H groups in total. The number of benzene rings is 2. The fraction of sp³-hybridized carbons (Fsp3) is 0.458. The molecule has 0 saturated heterocycles. The Morgan fingerprint density at radius 1 is 1.04 bits per heavy atom. The number of anilines is 1. The maximum absolute atomic E-state index is 12.6. The van der Waals surface area contributed by atoms with Crippen molar-refractivity contribution in [2.24, 2.45) is 0 Å². The van der Waals surface area contributed by atoms with E-state index in [0.717, 1.165) is 18.7 Å². The van der Waals surface area contributed by atoms with Crippen LogP contribution in [0.15, 0.2) is 48.5 Å². The summed E-state index contributed by atoms with van der Waals surface area (Å²) in [6, 6.07) is 17.2. The molecule has 0 fully saturated rings. The predicted molar refractivity (Wildman–Crippen MR) is 115 cm³/mol. The zero-order valence-electron chi connectivity index (χ0n) is 17.7. The Bertz CT molecular complexity index is 726. The van der Waals surface area contributed by atoms with Crippen molar-refractivity contribution < 1.29 is 4.79 Å². The number of nitrogens with one attached hydrogen (secondary N) is 1. The highest BCUT2D eigenvalue weighted by Gasteiger charge is 2.21. The van der Waals surface area contributed by atoms with Gasteiger partial charge in [-0.05, 0) is 47.6 Å². The van der Waals surface area contributed by atoms with Gasteiger partial charge in [-0.1, -0.05) is 64.1 Å². The smallest absolute Gasteiger partial charge is 0.222 e. The Morgan fingerprint density at radius 3 is 2.11 bits per heavy atom. The van der Waals surface area contributed by atoms with E-state index in [1.54, 1.807) is 0 Å². The van der Waals surface area contributed by atoms with Crippen LogP contribution in [0.4, 0.5) is 5.69 Å². The summed E-state index contributed by atoms with van der Waals surface area (Å²) in [5.74, 6) is 0.203. The van der Waals surface area contributed by atoms with Crippen LogP contribution in [0.3, 0.4) is 0 Å². The fourth-order valence-corrected chi connectivity index (χ4v) is 3.27. The largest absolute Gasteiger partial charge is 0.388 e. The number of rotatable bonds is 7. The van der Waals surface area contributed by atoms with Crippen molar-refractivity contribution >= 4 is 11.6 Å². The van der Waals surface area contributed by atoms with E-state index in [1.807, 2.05) is 18.9 Å². The van der Waals surface area contributed by atoms with Crippen LogP contribution in [0.2, 0.25) is 0 Å². The molecule has 2 aromatic rings. The van der Waals surface area contributed by atoms with Gasteiger partial charge in [0.1, 0.15) is 0 Å². The van der Waals surface area contributed by atoms with Crippen LogP contribution in [0.5, 0.6) is 0 Å². The normalized spacial score (nSPS) is 12.5. The molecule has 2 rings (SSSR count). The van der Waals surface area contributed by atoms with Crippen LogP contribution in [0.25, 0.3) is 0 Å². The van der Waals surface area contributed by atoms with Gasteiger partial charge in [-0.3, -0.25) is 4.79 Å². The van der Waals surface area contributed by atoms with E-state index in [0.29, 0.717) is 6.42 Å². The van der Waals surface area contributed by atoms with E-state index < -0.39 is 0 Å². The van der Waals surface area contributed by atoms with Crippen LogP contribution >= 0.6 is 0 Å². The molecule has 1 amide bonds. The first kappa shape index (κ1) is 21.0. The molecular weight excluding hydrogens is 332 g/mol. The summed E-state index contributed by atoms with van der Waals surface area (Å²) >= 11 is 0. The standard InChI is InChI=1S/C24H34N2O/c1-7-23(27)26(17-16-19-8-14-22(25-6)15-9-19)18(2)20-10-12-21(13-11-20)24(3,4)5/h8-15,18,25H,7,16-17H2,1-6H3. The molecule has 0 aliphatic carbocycles. The quantitative estimate of drug-likeness (QED) is 0.695. The number of hydrogen-bond acceptors (Lipinski definition) is 2. The van der Waals surface area contributed by atoms with Gasteiger partial charge in [0, 0.05) is 25.7 Å². The third-order valence-electron chi connectivity index (χ3n) is 5.23. The first-order valence-corrected chi connectivity index (χ1v) is 9.93. The molecule has 2 aromatic carbocycles. The molecule has 3 nitrogen and oxygen atoms in total. The lowest BCUT2D eigenvalue weighted by atomic mass is 9.86. The van der Waals surface area contributed by atoms with Gasteiger partial charge in [-0.2, -0.15) is 0 Å². The van der Waals surface area contributed by atoms with Crippen molar-refractivity contribution in [3.05, 3.63) is 65.2 Å². The molecule has 146 valence electrons. The Labute approximate surface area is 164 Å². The highest BCUT2D eigenvalue weighted by molar-refractivity contribution is 5.76. The zero-order chi connectivity index (χ0) is 20.0. The minimum absolute atomic E-state index is 0.0723. The number of hydrogen-bond donors (Lipinski definition) is 1. The van der Waals surface area contributed by atoms with Gasteiger partial charge in [-0.25, -0.2) is 0 Å². The predicted octanol–water partition coefficient (Wildman–Crippen LogP) is 5.57. The zero-order valence-corrected chi connectivity index (χ0v) is 17.7. The van der Waals surface area contributed by atoms with Crippen LogP contribution in [-0.4, -0.2) is 24.4 Å². The number of nitrogens with zero attached hydrogens (tertiary/aromatic N) is 1. The second-order valence-corrected chi connectivity index (χ2v) is 8.19. The minimum atomic E-state index is 0.0723. The maximum Gasteiger partial charge on any atom is 0.222 e. The van der Waals surface area contributed by atoms with Crippen molar-refractivity contribution in [3.63, 3.8) is 0 Å². The lowest BCUT2D eigenvalue weighted by Gasteiger charge is -2.30. The molecule has 27 heavy (non-hydrogen) atoms. The Kier molecular flexibility index (Phi) is 7.06. The molecule has 0 bridgehead atoms. The van der Waals surface area contributed by atoms with Crippen LogP contribution in [0, 0.1) is 0 Å². The van der Waals surface area contributed by atoms with E-state index in [4.69, 9.17) is 0 Å².